The molecule has 0 atom stereocenters. The highest BCUT2D eigenvalue weighted by atomic mass is 35.5. The summed E-state index contributed by atoms with van der Waals surface area (Å²) < 4.78 is 15.2. The maximum atomic E-state index is 11.8. The van der Waals surface area contributed by atoms with Gasteiger partial charge < -0.3 is 19.1 Å². The molecule has 0 spiro atoms. The lowest BCUT2D eigenvalue weighted by Gasteiger charge is -2.22. The minimum Gasteiger partial charge on any atom is -0.497 e. The van der Waals surface area contributed by atoms with Crippen molar-refractivity contribution in [1.29, 1.82) is 0 Å². The first kappa shape index (κ1) is 18.1. The number of rotatable bonds is 5. The molecule has 1 heterocycles. The highest BCUT2D eigenvalue weighted by Gasteiger charge is 2.23. The summed E-state index contributed by atoms with van der Waals surface area (Å²) in [5, 5.41) is -0.110. The molecule has 0 amide bonds. The third-order valence-corrected chi connectivity index (χ3v) is 3.77. The summed E-state index contributed by atoms with van der Waals surface area (Å²) in [6, 6.07) is 5.23. The molecule has 1 aromatic carbocycles. The molecule has 2 aromatic rings. The Kier molecular flexibility index (Phi) is 5.69. The van der Waals surface area contributed by atoms with Crippen LogP contribution in [-0.2, 0) is 4.74 Å². The summed E-state index contributed by atoms with van der Waals surface area (Å²) in [6.45, 7) is 0. The van der Waals surface area contributed by atoms with Gasteiger partial charge in [0.2, 0.25) is 5.28 Å². The Morgan fingerprint density at radius 1 is 1.12 bits per heavy atom. The van der Waals surface area contributed by atoms with E-state index >= 15 is 0 Å². The summed E-state index contributed by atoms with van der Waals surface area (Å²) in [5.74, 6) is 0.689. The van der Waals surface area contributed by atoms with Crippen LogP contribution in [-0.4, -0.2) is 44.3 Å². The monoisotopic (exact) mass is 371 g/mol. The highest BCUT2D eigenvalue weighted by Crippen LogP contribution is 2.38. The zero-order valence-corrected chi connectivity index (χ0v) is 15.0. The molecule has 0 saturated carbocycles. The molecule has 0 unspecified atom stereocenters. The van der Waals surface area contributed by atoms with E-state index in [0.29, 0.717) is 17.2 Å². The Morgan fingerprint density at radius 3 is 2.42 bits per heavy atom. The largest absolute Gasteiger partial charge is 0.497 e. The zero-order valence-electron chi connectivity index (χ0n) is 13.5. The van der Waals surface area contributed by atoms with Crippen molar-refractivity contribution in [3.05, 3.63) is 34.2 Å². The van der Waals surface area contributed by atoms with Gasteiger partial charge in [-0.25, -0.2) is 9.78 Å². The fourth-order valence-corrected chi connectivity index (χ4v) is 2.49. The minimum absolute atomic E-state index is 0.0200. The van der Waals surface area contributed by atoms with Crippen LogP contribution >= 0.6 is 23.2 Å². The van der Waals surface area contributed by atoms with Crippen LogP contribution in [0, 0.1) is 0 Å². The number of nitrogens with zero attached hydrogens (tertiary/aromatic N) is 3. The van der Waals surface area contributed by atoms with E-state index in [-0.39, 0.29) is 21.8 Å². The molecule has 7 nitrogen and oxygen atoms in total. The van der Waals surface area contributed by atoms with Crippen LogP contribution in [0.4, 0.5) is 11.5 Å². The van der Waals surface area contributed by atoms with E-state index in [9.17, 15) is 4.79 Å². The van der Waals surface area contributed by atoms with Gasteiger partial charge in [-0.1, -0.05) is 11.6 Å². The van der Waals surface area contributed by atoms with Crippen molar-refractivity contribution in [3.63, 3.8) is 0 Å². The molecular formula is C15H15Cl2N3O4. The van der Waals surface area contributed by atoms with Crippen LogP contribution < -0.4 is 14.4 Å². The van der Waals surface area contributed by atoms with Crippen LogP contribution in [0.1, 0.15) is 10.5 Å². The number of esters is 1. The number of halogens is 2. The lowest BCUT2D eigenvalue weighted by molar-refractivity contribution is 0.0594. The average molecular weight is 372 g/mol. The standard InChI is InChI=1S/C15H15Cl2N3O4/c1-20(9-6-5-8(22-2)7-10(9)23-3)13-11(16)12(14(21)24-4)18-15(17)19-13/h5-7H,1-4H3. The molecule has 0 saturated heterocycles. The van der Waals surface area contributed by atoms with Crippen LogP contribution in [0.25, 0.3) is 0 Å². The van der Waals surface area contributed by atoms with Crippen LogP contribution in [0.5, 0.6) is 11.5 Å². The van der Waals surface area contributed by atoms with Crippen molar-refractivity contribution >= 4 is 40.7 Å². The van der Waals surface area contributed by atoms with E-state index in [1.807, 2.05) is 0 Å². The normalized spacial score (nSPS) is 10.2. The topological polar surface area (TPSA) is 73.8 Å². The second kappa shape index (κ2) is 7.55. The molecule has 24 heavy (non-hydrogen) atoms. The van der Waals surface area contributed by atoms with Crippen LogP contribution in [0.2, 0.25) is 10.3 Å². The van der Waals surface area contributed by atoms with Crippen molar-refractivity contribution in [3.8, 4) is 11.5 Å². The molecule has 1 aromatic heterocycles. The maximum absolute atomic E-state index is 11.8. The summed E-state index contributed by atoms with van der Waals surface area (Å²) in [7, 11) is 6.02. The molecule has 0 aliphatic heterocycles. The van der Waals surface area contributed by atoms with E-state index < -0.39 is 5.97 Å². The zero-order chi connectivity index (χ0) is 17.9. The number of aromatic nitrogens is 2. The number of anilines is 2. The van der Waals surface area contributed by atoms with Gasteiger partial charge in [0, 0.05) is 13.1 Å². The Bertz CT molecular complexity index is 771. The molecule has 128 valence electrons. The Balaban J connectivity index is 2.56. The van der Waals surface area contributed by atoms with Gasteiger partial charge in [-0.2, -0.15) is 4.98 Å². The average Bonchev–Trinajstić information content (AvgIpc) is 2.61. The van der Waals surface area contributed by atoms with E-state index in [4.69, 9.17) is 32.7 Å². The van der Waals surface area contributed by atoms with Gasteiger partial charge in [-0.05, 0) is 23.7 Å². The van der Waals surface area contributed by atoms with Gasteiger partial charge in [0.25, 0.3) is 0 Å². The molecule has 0 radical (unpaired) electrons. The Hall–Kier alpha value is -2.25. The number of ether oxygens (including phenoxy) is 3. The first-order chi connectivity index (χ1) is 11.4. The van der Waals surface area contributed by atoms with Gasteiger partial charge in [0.05, 0.1) is 27.0 Å². The third-order valence-electron chi connectivity index (χ3n) is 3.25. The van der Waals surface area contributed by atoms with E-state index in [1.165, 1.54) is 14.2 Å². The van der Waals surface area contributed by atoms with Crippen LogP contribution in [0.15, 0.2) is 18.2 Å². The number of carbonyl (C=O) groups excluding carboxylic acids is 1. The maximum Gasteiger partial charge on any atom is 0.358 e. The molecule has 0 bridgehead atoms. The lowest BCUT2D eigenvalue weighted by Crippen LogP contribution is -2.16. The SMILES string of the molecule is COC(=O)c1nc(Cl)nc(N(C)c2ccc(OC)cc2OC)c1Cl. The highest BCUT2D eigenvalue weighted by molar-refractivity contribution is 6.36. The van der Waals surface area contributed by atoms with Crippen molar-refractivity contribution in [1.82, 2.24) is 9.97 Å². The molecule has 2 rings (SSSR count). The first-order valence-electron chi connectivity index (χ1n) is 6.70. The molecular weight excluding hydrogens is 357 g/mol. The molecule has 9 heteroatoms. The summed E-state index contributed by atoms with van der Waals surface area (Å²) >= 11 is 12.2. The molecule has 0 aliphatic carbocycles. The van der Waals surface area contributed by atoms with Crippen LogP contribution in [0.3, 0.4) is 0 Å². The minimum atomic E-state index is -0.708. The molecule has 0 fully saturated rings. The molecule has 0 aliphatic rings. The van der Waals surface area contributed by atoms with Gasteiger partial charge >= 0.3 is 5.97 Å². The number of hydrogen-bond acceptors (Lipinski definition) is 7. The predicted octanol–water partition coefficient (Wildman–Crippen LogP) is 3.36. The summed E-state index contributed by atoms with van der Waals surface area (Å²) in [6.07, 6.45) is 0. The quantitative estimate of drug-likeness (QED) is 0.589. The molecule has 0 N–H and O–H groups in total. The fraction of sp³-hybridized carbons (Fsp3) is 0.267. The third kappa shape index (κ3) is 3.47. The van der Waals surface area contributed by atoms with E-state index in [0.717, 1.165) is 0 Å². The predicted molar refractivity (Wildman–Crippen MR) is 91.0 cm³/mol. The van der Waals surface area contributed by atoms with Gasteiger partial charge in [-0.15, -0.1) is 0 Å². The van der Waals surface area contributed by atoms with Crippen molar-refractivity contribution in [2.75, 3.05) is 33.3 Å². The van der Waals surface area contributed by atoms with Gasteiger partial charge in [-0.3, -0.25) is 0 Å². The summed E-state index contributed by atoms with van der Waals surface area (Å²) in [4.78, 5) is 21.3. The number of benzene rings is 1. The van der Waals surface area contributed by atoms with Gasteiger partial charge in [0.1, 0.15) is 16.5 Å². The number of hydrogen-bond donors (Lipinski definition) is 0. The van der Waals surface area contributed by atoms with E-state index in [1.54, 1.807) is 37.3 Å². The van der Waals surface area contributed by atoms with Gasteiger partial charge in [0.15, 0.2) is 11.5 Å². The fourth-order valence-electron chi connectivity index (χ4n) is 2.04. The number of carbonyl (C=O) groups is 1. The number of methoxy groups -OCH3 is 3. The smallest absolute Gasteiger partial charge is 0.358 e. The lowest BCUT2D eigenvalue weighted by atomic mass is 10.2. The van der Waals surface area contributed by atoms with Crippen molar-refractivity contribution in [2.24, 2.45) is 0 Å². The first-order valence-corrected chi connectivity index (χ1v) is 7.45. The van der Waals surface area contributed by atoms with Crippen molar-refractivity contribution < 1.29 is 19.0 Å². The second-order valence-corrected chi connectivity index (χ2v) is 5.28. The summed E-state index contributed by atoms with van der Waals surface area (Å²) in [5.41, 5.74) is 0.527. The Labute approximate surface area is 149 Å². The second-order valence-electron chi connectivity index (χ2n) is 4.57. The Morgan fingerprint density at radius 2 is 1.83 bits per heavy atom. The van der Waals surface area contributed by atoms with E-state index in [2.05, 4.69) is 14.7 Å². The van der Waals surface area contributed by atoms with Crippen molar-refractivity contribution in [2.45, 2.75) is 0 Å².